The Morgan fingerprint density at radius 2 is 2.24 bits per heavy atom. The normalized spacial score (nSPS) is 11.2. The number of hydrogen-bond acceptors (Lipinski definition) is 7. The van der Waals surface area contributed by atoms with E-state index in [9.17, 15) is 5.21 Å². The maximum absolute atomic E-state index is 11.9. The Morgan fingerprint density at radius 3 is 3.07 bits per heavy atom. The molecule has 0 aliphatic rings. The van der Waals surface area contributed by atoms with Crippen LogP contribution in [0.1, 0.15) is 17.1 Å². The Balaban J connectivity index is 1.45. The smallest absolute Gasteiger partial charge is 0.198 e. The number of imidazole rings is 1. The highest BCUT2D eigenvalue weighted by molar-refractivity contribution is 7.10. The van der Waals surface area contributed by atoms with E-state index in [1.54, 1.807) is 24.5 Å². The maximum Gasteiger partial charge on any atom is 0.198 e. The standard InChI is InChI=1S/C19H16N8OS/c1-12-11-26-16(13-8-21-22-9-13)10-20-19(26)18(23-12)24-17-7-14(25-29-17)6-15-4-2-3-5-27(15)28/h2-5,7-11H,6H2,1H3,(H,21,22)(H,23,24). The number of hydrogen-bond donors (Lipinski definition) is 2. The Kier molecular flexibility index (Phi) is 4.17. The number of aromatic amines is 1. The van der Waals surface area contributed by atoms with Crippen LogP contribution in [0.5, 0.6) is 0 Å². The molecule has 0 aromatic carbocycles. The second kappa shape index (κ2) is 6.99. The van der Waals surface area contributed by atoms with Crippen molar-refractivity contribution in [2.24, 2.45) is 0 Å². The molecule has 5 aromatic heterocycles. The van der Waals surface area contributed by atoms with Gasteiger partial charge >= 0.3 is 0 Å². The minimum Gasteiger partial charge on any atom is -0.618 e. The molecule has 0 unspecified atom stereocenters. The van der Waals surface area contributed by atoms with Gasteiger partial charge in [0.2, 0.25) is 0 Å². The molecule has 0 saturated carbocycles. The van der Waals surface area contributed by atoms with Gasteiger partial charge in [-0.25, -0.2) is 9.97 Å². The summed E-state index contributed by atoms with van der Waals surface area (Å²) in [4.78, 5) is 9.14. The predicted octanol–water partition coefficient (Wildman–Crippen LogP) is 2.85. The van der Waals surface area contributed by atoms with E-state index in [1.807, 2.05) is 35.9 Å². The summed E-state index contributed by atoms with van der Waals surface area (Å²) in [7, 11) is 0. The largest absolute Gasteiger partial charge is 0.618 e. The Morgan fingerprint density at radius 1 is 1.31 bits per heavy atom. The molecule has 10 heteroatoms. The van der Waals surface area contributed by atoms with Crippen LogP contribution in [0.25, 0.3) is 16.9 Å². The highest BCUT2D eigenvalue weighted by Gasteiger charge is 2.14. The maximum atomic E-state index is 11.9. The summed E-state index contributed by atoms with van der Waals surface area (Å²) in [6.07, 6.45) is 9.28. The van der Waals surface area contributed by atoms with Crippen LogP contribution >= 0.6 is 11.5 Å². The van der Waals surface area contributed by atoms with Gasteiger partial charge in [-0.2, -0.15) is 14.2 Å². The number of fused-ring (bicyclic) bond motifs is 1. The van der Waals surface area contributed by atoms with E-state index in [4.69, 9.17) is 0 Å². The first-order valence-electron chi connectivity index (χ1n) is 8.91. The van der Waals surface area contributed by atoms with Crippen molar-refractivity contribution in [1.82, 2.24) is 28.9 Å². The van der Waals surface area contributed by atoms with Crippen LogP contribution in [0.4, 0.5) is 10.8 Å². The molecule has 5 rings (SSSR count). The summed E-state index contributed by atoms with van der Waals surface area (Å²) in [6.45, 7) is 1.93. The van der Waals surface area contributed by atoms with Crippen LogP contribution in [0, 0.1) is 12.1 Å². The van der Waals surface area contributed by atoms with Crippen molar-refractivity contribution < 1.29 is 4.73 Å². The van der Waals surface area contributed by atoms with Gasteiger partial charge in [-0.1, -0.05) is 0 Å². The first-order chi connectivity index (χ1) is 14.2. The van der Waals surface area contributed by atoms with Crippen molar-refractivity contribution in [1.29, 1.82) is 0 Å². The molecule has 29 heavy (non-hydrogen) atoms. The second-order valence-corrected chi connectivity index (χ2v) is 7.36. The molecule has 5 heterocycles. The fraction of sp³-hybridized carbons (Fsp3) is 0.105. The van der Waals surface area contributed by atoms with Gasteiger partial charge in [-0.3, -0.25) is 9.50 Å². The van der Waals surface area contributed by atoms with Crippen LogP contribution < -0.4 is 10.0 Å². The fourth-order valence-corrected chi connectivity index (χ4v) is 3.82. The molecule has 0 aliphatic carbocycles. The summed E-state index contributed by atoms with van der Waals surface area (Å²) < 4.78 is 7.31. The molecule has 5 aromatic rings. The molecule has 9 nitrogen and oxygen atoms in total. The van der Waals surface area contributed by atoms with Gasteiger partial charge in [0.15, 0.2) is 23.4 Å². The number of aryl methyl sites for hydroxylation is 1. The number of nitrogens with zero attached hydrogens (tertiary/aromatic N) is 6. The number of rotatable bonds is 5. The van der Waals surface area contributed by atoms with Crippen LogP contribution in [0.15, 0.2) is 55.2 Å². The fourth-order valence-electron chi connectivity index (χ4n) is 3.15. The van der Waals surface area contributed by atoms with Crippen molar-refractivity contribution in [2.75, 3.05) is 5.32 Å². The molecule has 0 aliphatic heterocycles. The second-order valence-electron chi connectivity index (χ2n) is 6.56. The van der Waals surface area contributed by atoms with Crippen LogP contribution in [0.3, 0.4) is 0 Å². The summed E-state index contributed by atoms with van der Waals surface area (Å²) >= 11 is 1.32. The summed E-state index contributed by atoms with van der Waals surface area (Å²) in [5.41, 5.74) is 4.91. The summed E-state index contributed by atoms with van der Waals surface area (Å²) in [5.74, 6) is 0.647. The summed E-state index contributed by atoms with van der Waals surface area (Å²) in [6, 6.07) is 7.28. The third-order valence-corrected chi connectivity index (χ3v) is 5.22. The van der Waals surface area contributed by atoms with Crippen molar-refractivity contribution in [3.05, 3.63) is 77.5 Å². The third-order valence-electron chi connectivity index (χ3n) is 4.47. The zero-order valence-electron chi connectivity index (χ0n) is 15.4. The van der Waals surface area contributed by atoms with E-state index < -0.39 is 0 Å². The molecule has 0 amide bonds. The number of pyridine rings is 1. The van der Waals surface area contributed by atoms with Crippen molar-refractivity contribution in [2.45, 2.75) is 13.3 Å². The van der Waals surface area contributed by atoms with Gasteiger partial charge in [-0.15, -0.1) is 0 Å². The molecule has 2 N–H and O–H groups in total. The van der Waals surface area contributed by atoms with Crippen LogP contribution in [0.2, 0.25) is 0 Å². The summed E-state index contributed by atoms with van der Waals surface area (Å²) in [5, 5.41) is 22.8. The average molecular weight is 404 g/mol. The van der Waals surface area contributed by atoms with Gasteiger partial charge in [0.25, 0.3) is 0 Å². The molecular weight excluding hydrogens is 388 g/mol. The van der Waals surface area contributed by atoms with E-state index in [0.29, 0.717) is 23.6 Å². The van der Waals surface area contributed by atoms with Gasteiger partial charge < -0.3 is 10.5 Å². The lowest BCUT2D eigenvalue weighted by atomic mass is 10.2. The van der Waals surface area contributed by atoms with Gasteiger partial charge in [0, 0.05) is 30.1 Å². The van der Waals surface area contributed by atoms with E-state index in [2.05, 4.69) is 29.9 Å². The zero-order valence-corrected chi connectivity index (χ0v) is 16.2. The van der Waals surface area contributed by atoms with E-state index >= 15 is 0 Å². The predicted molar refractivity (Wildman–Crippen MR) is 109 cm³/mol. The lowest BCUT2D eigenvalue weighted by Crippen LogP contribution is -2.30. The van der Waals surface area contributed by atoms with Gasteiger partial charge in [0.05, 0.1) is 35.9 Å². The molecule has 0 spiro atoms. The van der Waals surface area contributed by atoms with Crippen LogP contribution in [-0.4, -0.2) is 28.9 Å². The molecule has 0 bridgehead atoms. The average Bonchev–Trinajstić information content (AvgIpc) is 3.44. The highest BCUT2D eigenvalue weighted by Crippen LogP contribution is 2.27. The van der Waals surface area contributed by atoms with Gasteiger partial charge in [-0.05, 0) is 30.6 Å². The molecule has 0 radical (unpaired) electrons. The minimum atomic E-state index is 0.465. The lowest BCUT2D eigenvalue weighted by Gasteiger charge is -2.07. The number of anilines is 2. The van der Waals surface area contributed by atoms with Crippen molar-refractivity contribution >= 4 is 28.0 Å². The van der Waals surface area contributed by atoms with E-state index in [-0.39, 0.29) is 0 Å². The van der Waals surface area contributed by atoms with E-state index in [0.717, 1.165) is 32.4 Å². The minimum absolute atomic E-state index is 0.465. The number of nitrogens with one attached hydrogen (secondary N) is 2. The lowest BCUT2D eigenvalue weighted by molar-refractivity contribution is -0.613. The first-order valence-corrected chi connectivity index (χ1v) is 9.68. The molecule has 144 valence electrons. The SMILES string of the molecule is Cc1cn2c(-c3cn[nH]c3)cnc2c(Nc2cc(Cc3cccc[n+]3[O-])ns2)n1. The van der Waals surface area contributed by atoms with Crippen molar-refractivity contribution in [3.63, 3.8) is 0 Å². The topological polar surface area (TPSA) is 111 Å². The molecule has 0 saturated heterocycles. The molecular formula is C19H16N8OS. The first kappa shape index (κ1) is 17.3. The monoisotopic (exact) mass is 404 g/mol. The van der Waals surface area contributed by atoms with Crippen molar-refractivity contribution in [3.8, 4) is 11.3 Å². The third kappa shape index (κ3) is 3.29. The van der Waals surface area contributed by atoms with Crippen LogP contribution in [-0.2, 0) is 6.42 Å². The molecule has 0 atom stereocenters. The Bertz CT molecular complexity index is 1290. The number of aromatic nitrogens is 7. The Hall–Kier alpha value is -3.79. The quantitative estimate of drug-likeness (QED) is 0.344. The Labute approximate surface area is 169 Å². The van der Waals surface area contributed by atoms with E-state index in [1.165, 1.54) is 17.7 Å². The highest BCUT2D eigenvalue weighted by atomic mass is 32.1. The molecule has 0 fully saturated rings. The number of H-pyrrole nitrogens is 1. The zero-order chi connectivity index (χ0) is 19.8. The van der Waals surface area contributed by atoms with Gasteiger partial charge in [0.1, 0.15) is 5.00 Å².